The Morgan fingerprint density at radius 2 is 2.10 bits per heavy atom. The molecule has 1 aromatic rings. The number of nitrogens with zero attached hydrogens (tertiary/aromatic N) is 1. The lowest BCUT2D eigenvalue weighted by Crippen LogP contribution is -2.27. The second-order valence-corrected chi connectivity index (χ2v) is 6.67. The fourth-order valence-corrected chi connectivity index (χ4v) is 2.58. The van der Waals surface area contributed by atoms with Crippen molar-refractivity contribution in [3.05, 3.63) is 39.9 Å². The van der Waals surface area contributed by atoms with E-state index in [2.05, 4.69) is 19.2 Å². The van der Waals surface area contributed by atoms with Crippen LogP contribution in [0, 0.1) is 16.0 Å². The van der Waals surface area contributed by atoms with E-state index < -0.39 is 4.92 Å². The van der Waals surface area contributed by atoms with Gasteiger partial charge < -0.3 is 5.32 Å². The lowest BCUT2D eigenvalue weighted by Gasteiger charge is -2.12. The fraction of sp³-hybridized carbons (Fsp3) is 0.533. The molecule has 116 valence electrons. The van der Waals surface area contributed by atoms with Crippen LogP contribution >= 0.6 is 11.8 Å². The minimum atomic E-state index is -0.403. The third-order valence-corrected chi connectivity index (χ3v) is 4.26. The molecule has 1 N–H and O–H groups in total. The van der Waals surface area contributed by atoms with E-state index in [-0.39, 0.29) is 16.8 Å². The maximum Gasteiger partial charge on any atom is 0.269 e. The van der Waals surface area contributed by atoms with Crippen molar-refractivity contribution in [1.29, 1.82) is 0 Å². The van der Waals surface area contributed by atoms with Crippen LogP contribution in [-0.2, 0) is 4.79 Å². The Hall–Kier alpha value is -1.56. The van der Waals surface area contributed by atoms with Gasteiger partial charge in [-0.25, -0.2) is 0 Å². The molecule has 1 rings (SSSR count). The first kappa shape index (κ1) is 17.5. The Morgan fingerprint density at radius 1 is 1.38 bits per heavy atom. The van der Waals surface area contributed by atoms with Crippen LogP contribution in [0.3, 0.4) is 0 Å². The normalized spacial score (nSPS) is 12.2. The standard InChI is InChI=1S/C15H22N2O3S/c1-11(2)7-8-16-15(18)10-21-12(3)13-5-4-6-14(9-13)17(19)20/h4-6,9,11-12H,7-8,10H2,1-3H3,(H,16,18)/t12-/m1/s1. The summed E-state index contributed by atoms with van der Waals surface area (Å²) in [6, 6.07) is 6.56. The number of nitro benzene ring substituents is 1. The Balaban J connectivity index is 2.43. The second-order valence-electron chi connectivity index (χ2n) is 5.34. The van der Waals surface area contributed by atoms with Crippen LogP contribution in [0.5, 0.6) is 0 Å². The highest BCUT2D eigenvalue weighted by molar-refractivity contribution is 8.00. The summed E-state index contributed by atoms with van der Waals surface area (Å²) in [5.41, 5.74) is 0.950. The van der Waals surface area contributed by atoms with E-state index in [0.717, 1.165) is 12.0 Å². The third-order valence-electron chi connectivity index (χ3n) is 3.06. The minimum absolute atomic E-state index is 0.0120. The summed E-state index contributed by atoms with van der Waals surface area (Å²) in [6.07, 6.45) is 0.969. The number of nitrogens with one attached hydrogen (secondary N) is 1. The molecule has 1 aromatic carbocycles. The molecule has 0 fully saturated rings. The summed E-state index contributed by atoms with van der Waals surface area (Å²) in [7, 11) is 0. The molecular formula is C15H22N2O3S. The molecular weight excluding hydrogens is 288 g/mol. The van der Waals surface area contributed by atoms with Gasteiger partial charge in [0.05, 0.1) is 10.7 Å². The van der Waals surface area contributed by atoms with Gasteiger partial charge in [0.1, 0.15) is 0 Å². The SMILES string of the molecule is CC(C)CCNC(=O)CS[C@H](C)c1cccc([N+](=O)[O-])c1. The zero-order valence-electron chi connectivity index (χ0n) is 12.7. The summed E-state index contributed by atoms with van der Waals surface area (Å²) in [6.45, 7) is 6.88. The number of thioether (sulfide) groups is 1. The lowest BCUT2D eigenvalue weighted by molar-refractivity contribution is -0.384. The van der Waals surface area contributed by atoms with Gasteiger partial charge in [-0.2, -0.15) is 0 Å². The number of nitro groups is 1. The van der Waals surface area contributed by atoms with Crippen LogP contribution in [0.25, 0.3) is 0 Å². The minimum Gasteiger partial charge on any atom is -0.355 e. The van der Waals surface area contributed by atoms with E-state index in [0.29, 0.717) is 18.2 Å². The molecule has 0 radical (unpaired) electrons. The molecule has 0 unspecified atom stereocenters. The van der Waals surface area contributed by atoms with Gasteiger partial charge in [0.2, 0.25) is 5.91 Å². The van der Waals surface area contributed by atoms with E-state index in [9.17, 15) is 14.9 Å². The van der Waals surface area contributed by atoms with Crippen LogP contribution in [0.2, 0.25) is 0 Å². The van der Waals surface area contributed by atoms with Crippen molar-refractivity contribution in [2.75, 3.05) is 12.3 Å². The highest BCUT2D eigenvalue weighted by Crippen LogP contribution is 2.29. The first-order valence-electron chi connectivity index (χ1n) is 7.02. The summed E-state index contributed by atoms with van der Waals surface area (Å²) >= 11 is 1.48. The van der Waals surface area contributed by atoms with Gasteiger partial charge >= 0.3 is 0 Å². The van der Waals surface area contributed by atoms with Gasteiger partial charge in [-0.1, -0.05) is 26.0 Å². The Bertz CT molecular complexity index is 492. The number of non-ortho nitro benzene ring substituents is 1. The molecule has 0 aliphatic rings. The monoisotopic (exact) mass is 310 g/mol. The zero-order valence-corrected chi connectivity index (χ0v) is 13.5. The predicted molar refractivity (Wildman–Crippen MR) is 86.4 cm³/mol. The van der Waals surface area contributed by atoms with Crippen molar-refractivity contribution in [2.24, 2.45) is 5.92 Å². The van der Waals surface area contributed by atoms with Crippen molar-refractivity contribution in [3.8, 4) is 0 Å². The second kappa shape index (κ2) is 8.67. The molecule has 1 atom stereocenters. The number of hydrogen-bond donors (Lipinski definition) is 1. The molecule has 0 aliphatic heterocycles. The van der Waals surface area contributed by atoms with Gasteiger partial charge in [-0.3, -0.25) is 14.9 Å². The summed E-state index contributed by atoms with van der Waals surface area (Å²) in [5, 5.41) is 13.7. The first-order chi connectivity index (χ1) is 9.90. The molecule has 21 heavy (non-hydrogen) atoms. The first-order valence-corrected chi connectivity index (χ1v) is 8.07. The molecule has 0 aromatic heterocycles. The van der Waals surface area contributed by atoms with E-state index in [1.807, 2.05) is 13.0 Å². The van der Waals surface area contributed by atoms with Crippen molar-refractivity contribution in [1.82, 2.24) is 5.32 Å². The number of benzene rings is 1. The van der Waals surface area contributed by atoms with Crippen LogP contribution in [-0.4, -0.2) is 23.1 Å². The van der Waals surface area contributed by atoms with E-state index in [4.69, 9.17) is 0 Å². The van der Waals surface area contributed by atoms with Crippen LogP contribution in [0.1, 0.15) is 38.0 Å². The number of amides is 1. The summed E-state index contributed by atoms with van der Waals surface area (Å²) < 4.78 is 0. The number of rotatable bonds is 8. The number of carbonyl (C=O) groups is 1. The molecule has 0 saturated carbocycles. The predicted octanol–water partition coefficient (Wildman–Crippen LogP) is 3.55. The van der Waals surface area contributed by atoms with Crippen molar-refractivity contribution >= 4 is 23.4 Å². The quantitative estimate of drug-likeness (QED) is 0.588. The summed E-state index contributed by atoms with van der Waals surface area (Å²) in [4.78, 5) is 22.0. The Labute approximate surface area is 129 Å². The molecule has 0 heterocycles. The smallest absolute Gasteiger partial charge is 0.269 e. The molecule has 0 aliphatic carbocycles. The highest BCUT2D eigenvalue weighted by atomic mass is 32.2. The van der Waals surface area contributed by atoms with E-state index >= 15 is 0 Å². The average Bonchev–Trinajstić information content (AvgIpc) is 2.44. The summed E-state index contributed by atoms with van der Waals surface area (Å²) in [5.74, 6) is 0.946. The molecule has 1 amide bonds. The van der Waals surface area contributed by atoms with Gasteiger partial charge in [0, 0.05) is 23.9 Å². The van der Waals surface area contributed by atoms with E-state index in [1.165, 1.54) is 17.8 Å². The average molecular weight is 310 g/mol. The molecule has 0 bridgehead atoms. The topological polar surface area (TPSA) is 72.2 Å². The molecule has 0 spiro atoms. The van der Waals surface area contributed by atoms with Crippen molar-refractivity contribution in [3.63, 3.8) is 0 Å². The van der Waals surface area contributed by atoms with Crippen LogP contribution in [0.4, 0.5) is 5.69 Å². The van der Waals surface area contributed by atoms with Crippen LogP contribution in [0.15, 0.2) is 24.3 Å². The largest absolute Gasteiger partial charge is 0.355 e. The molecule has 6 heteroatoms. The highest BCUT2D eigenvalue weighted by Gasteiger charge is 2.13. The molecule has 0 saturated heterocycles. The van der Waals surface area contributed by atoms with Crippen molar-refractivity contribution in [2.45, 2.75) is 32.4 Å². The fourth-order valence-electron chi connectivity index (χ4n) is 1.74. The van der Waals surface area contributed by atoms with Crippen molar-refractivity contribution < 1.29 is 9.72 Å². The van der Waals surface area contributed by atoms with Gasteiger partial charge in [-0.05, 0) is 24.8 Å². The Morgan fingerprint density at radius 3 is 2.71 bits per heavy atom. The van der Waals surface area contributed by atoms with Crippen LogP contribution < -0.4 is 5.32 Å². The van der Waals surface area contributed by atoms with Gasteiger partial charge in [-0.15, -0.1) is 11.8 Å². The lowest BCUT2D eigenvalue weighted by atomic mass is 10.1. The van der Waals surface area contributed by atoms with Gasteiger partial charge in [0.15, 0.2) is 0 Å². The number of carbonyl (C=O) groups excluding carboxylic acids is 1. The molecule has 5 nitrogen and oxygen atoms in total. The number of hydrogen-bond acceptors (Lipinski definition) is 4. The van der Waals surface area contributed by atoms with E-state index in [1.54, 1.807) is 12.1 Å². The third kappa shape index (κ3) is 6.62. The Kier molecular flexibility index (Phi) is 7.22. The van der Waals surface area contributed by atoms with Gasteiger partial charge in [0.25, 0.3) is 5.69 Å². The maximum absolute atomic E-state index is 11.7. The maximum atomic E-state index is 11.7. The zero-order chi connectivity index (χ0) is 15.8.